The molecule has 0 radical (unpaired) electrons. The summed E-state index contributed by atoms with van der Waals surface area (Å²) in [5.41, 5.74) is 0.916. The first-order chi connectivity index (χ1) is 9.08. The summed E-state index contributed by atoms with van der Waals surface area (Å²) in [7, 11) is 3.45. The Morgan fingerprint density at radius 1 is 1.53 bits per heavy atom. The molecule has 0 saturated carbocycles. The topological polar surface area (TPSA) is 44.7 Å². The Morgan fingerprint density at radius 2 is 2.32 bits per heavy atom. The van der Waals surface area contributed by atoms with Crippen LogP contribution in [-0.4, -0.2) is 49.4 Å². The maximum atomic E-state index is 13.6. The van der Waals surface area contributed by atoms with Crippen molar-refractivity contribution in [2.75, 3.05) is 27.2 Å². The van der Waals surface area contributed by atoms with Crippen LogP contribution in [0.25, 0.3) is 0 Å². The number of aliphatic hydroxyl groups excluding tert-OH is 1. The lowest BCUT2D eigenvalue weighted by atomic mass is 10.1. The predicted molar refractivity (Wildman–Crippen MR) is 71.7 cm³/mol. The van der Waals surface area contributed by atoms with Gasteiger partial charge in [-0.2, -0.15) is 0 Å². The first-order valence-corrected chi connectivity index (χ1v) is 6.51. The van der Waals surface area contributed by atoms with Crippen LogP contribution < -0.4 is 10.1 Å². The molecule has 1 saturated heterocycles. The second kappa shape index (κ2) is 6.32. The Kier molecular flexibility index (Phi) is 4.74. The average molecular weight is 268 g/mol. The molecule has 2 N–H and O–H groups in total. The molecule has 1 aliphatic rings. The smallest absolute Gasteiger partial charge is 0.165 e. The van der Waals surface area contributed by atoms with E-state index in [9.17, 15) is 9.50 Å². The monoisotopic (exact) mass is 268 g/mol. The molecule has 1 heterocycles. The number of β-amino-alcohol motifs (C(OH)–C–C–N with tert-alkyl or cyclic N) is 1. The number of hydrogen-bond acceptors (Lipinski definition) is 4. The fourth-order valence-electron chi connectivity index (χ4n) is 2.50. The number of halogens is 1. The third-order valence-electron chi connectivity index (χ3n) is 3.40. The Labute approximate surface area is 113 Å². The van der Waals surface area contributed by atoms with Crippen LogP contribution in [0.1, 0.15) is 12.0 Å². The van der Waals surface area contributed by atoms with E-state index in [-0.39, 0.29) is 17.7 Å². The molecule has 2 atom stereocenters. The second-order valence-electron chi connectivity index (χ2n) is 5.16. The fraction of sp³-hybridized carbons (Fsp3) is 0.571. The van der Waals surface area contributed by atoms with Crippen LogP contribution in [0, 0.1) is 5.82 Å². The van der Waals surface area contributed by atoms with Crippen LogP contribution in [-0.2, 0) is 6.54 Å². The third-order valence-corrected chi connectivity index (χ3v) is 3.40. The molecule has 0 aliphatic carbocycles. The molecule has 1 aromatic carbocycles. The minimum absolute atomic E-state index is 0.239. The summed E-state index contributed by atoms with van der Waals surface area (Å²) in [4.78, 5) is 2.12. The first kappa shape index (κ1) is 14.2. The minimum Gasteiger partial charge on any atom is -0.494 e. The largest absolute Gasteiger partial charge is 0.494 e. The maximum Gasteiger partial charge on any atom is 0.165 e. The van der Waals surface area contributed by atoms with E-state index in [0.717, 1.165) is 18.5 Å². The fourth-order valence-corrected chi connectivity index (χ4v) is 2.50. The highest BCUT2D eigenvalue weighted by molar-refractivity contribution is 5.29. The van der Waals surface area contributed by atoms with E-state index in [4.69, 9.17) is 4.74 Å². The van der Waals surface area contributed by atoms with Crippen LogP contribution in [0.5, 0.6) is 5.75 Å². The zero-order valence-electron chi connectivity index (χ0n) is 11.4. The van der Waals surface area contributed by atoms with Gasteiger partial charge >= 0.3 is 0 Å². The molecule has 1 aliphatic heterocycles. The molecule has 19 heavy (non-hydrogen) atoms. The third kappa shape index (κ3) is 3.89. The number of hydrogen-bond donors (Lipinski definition) is 2. The summed E-state index contributed by atoms with van der Waals surface area (Å²) in [6, 6.07) is 5.33. The van der Waals surface area contributed by atoms with Crippen LogP contribution in [0.2, 0.25) is 0 Å². The van der Waals surface area contributed by atoms with Crippen molar-refractivity contribution in [3.63, 3.8) is 0 Å². The number of ether oxygens (including phenoxy) is 1. The molecule has 1 aromatic rings. The number of nitrogens with zero attached hydrogens (tertiary/aromatic N) is 1. The minimum atomic E-state index is -0.331. The Hall–Kier alpha value is -1.17. The molecular weight excluding hydrogens is 247 g/mol. The summed E-state index contributed by atoms with van der Waals surface area (Å²) >= 11 is 0. The van der Waals surface area contributed by atoms with Gasteiger partial charge in [-0.05, 0) is 31.2 Å². The van der Waals surface area contributed by atoms with E-state index in [2.05, 4.69) is 10.2 Å². The molecule has 0 amide bonds. The number of methoxy groups -OCH3 is 1. The van der Waals surface area contributed by atoms with Gasteiger partial charge in [0.15, 0.2) is 11.6 Å². The highest BCUT2D eigenvalue weighted by atomic mass is 19.1. The average Bonchev–Trinajstić information content (AvgIpc) is 2.74. The van der Waals surface area contributed by atoms with E-state index in [1.807, 2.05) is 13.1 Å². The Bertz CT molecular complexity index is 428. The molecule has 1 fully saturated rings. The summed E-state index contributed by atoms with van der Waals surface area (Å²) < 4.78 is 18.5. The van der Waals surface area contributed by atoms with Gasteiger partial charge in [0.2, 0.25) is 0 Å². The van der Waals surface area contributed by atoms with E-state index in [1.54, 1.807) is 6.07 Å². The van der Waals surface area contributed by atoms with Gasteiger partial charge in [0.25, 0.3) is 0 Å². The van der Waals surface area contributed by atoms with Gasteiger partial charge in [0.05, 0.1) is 13.2 Å². The van der Waals surface area contributed by atoms with E-state index >= 15 is 0 Å². The molecular formula is C14H21FN2O2. The van der Waals surface area contributed by atoms with Crippen molar-refractivity contribution in [1.82, 2.24) is 10.2 Å². The molecule has 5 heteroatoms. The lowest BCUT2D eigenvalue weighted by Gasteiger charge is -2.21. The van der Waals surface area contributed by atoms with Gasteiger partial charge in [-0.3, -0.25) is 0 Å². The van der Waals surface area contributed by atoms with Gasteiger partial charge in [-0.1, -0.05) is 6.07 Å². The molecule has 0 spiro atoms. The number of benzene rings is 1. The molecule has 0 aromatic heterocycles. The molecule has 0 unspecified atom stereocenters. The van der Waals surface area contributed by atoms with Crippen LogP contribution in [0.15, 0.2) is 18.2 Å². The van der Waals surface area contributed by atoms with Gasteiger partial charge in [-0.15, -0.1) is 0 Å². The van der Waals surface area contributed by atoms with E-state index in [0.29, 0.717) is 19.1 Å². The standard InChI is InChI=1S/C14H21FN2O2/c1-17(9-11-6-12(18)7-16-11)8-10-3-4-14(19-2)13(15)5-10/h3-5,11-12,16,18H,6-9H2,1-2H3/t11-,12+/m0/s1. The number of likely N-dealkylation sites (N-methyl/N-ethyl adjacent to an activating group) is 1. The summed E-state index contributed by atoms with van der Waals surface area (Å²) in [6.45, 7) is 2.18. The molecule has 2 rings (SSSR count). The van der Waals surface area contributed by atoms with Crippen LogP contribution >= 0.6 is 0 Å². The molecule has 106 valence electrons. The van der Waals surface area contributed by atoms with Gasteiger partial charge < -0.3 is 20.1 Å². The summed E-state index contributed by atoms with van der Waals surface area (Å²) in [5, 5.41) is 12.7. The van der Waals surface area contributed by atoms with Gasteiger partial charge in [-0.25, -0.2) is 4.39 Å². The maximum absolute atomic E-state index is 13.6. The zero-order chi connectivity index (χ0) is 13.8. The van der Waals surface area contributed by atoms with E-state index < -0.39 is 0 Å². The first-order valence-electron chi connectivity index (χ1n) is 6.51. The highest BCUT2D eigenvalue weighted by Crippen LogP contribution is 2.18. The quantitative estimate of drug-likeness (QED) is 0.836. The van der Waals surface area contributed by atoms with Crippen molar-refractivity contribution in [3.8, 4) is 5.75 Å². The summed E-state index contributed by atoms with van der Waals surface area (Å²) in [5.74, 6) is -0.0604. The summed E-state index contributed by atoms with van der Waals surface area (Å²) in [6.07, 6.45) is 0.540. The van der Waals surface area contributed by atoms with Crippen LogP contribution in [0.3, 0.4) is 0 Å². The second-order valence-corrected chi connectivity index (χ2v) is 5.16. The number of rotatable bonds is 5. The van der Waals surface area contributed by atoms with Crippen molar-refractivity contribution in [2.45, 2.75) is 25.1 Å². The lowest BCUT2D eigenvalue weighted by Crippen LogP contribution is -2.34. The highest BCUT2D eigenvalue weighted by Gasteiger charge is 2.22. The van der Waals surface area contributed by atoms with Gasteiger partial charge in [0, 0.05) is 25.7 Å². The number of nitrogens with one attached hydrogen (secondary N) is 1. The predicted octanol–water partition coefficient (Wildman–Crippen LogP) is 0.989. The van der Waals surface area contributed by atoms with Crippen molar-refractivity contribution < 1.29 is 14.2 Å². The Balaban J connectivity index is 1.88. The normalized spacial score (nSPS) is 23.0. The number of aliphatic hydroxyl groups is 1. The SMILES string of the molecule is COc1ccc(CN(C)C[C@@H]2C[C@@H](O)CN2)cc1F. The Morgan fingerprint density at radius 3 is 2.89 bits per heavy atom. The van der Waals surface area contributed by atoms with Crippen molar-refractivity contribution >= 4 is 0 Å². The molecule has 0 bridgehead atoms. The van der Waals surface area contributed by atoms with Crippen molar-refractivity contribution in [1.29, 1.82) is 0 Å². The molecule has 4 nitrogen and oxygen atoms in total. The lowest BCUT2D eigenvalue weighted by molar-refractivity contribution is 0.189. The van der Waals surface area contributed by atoms with Crippen molar-refractivity contribution in [3.05, 3.63) is 29.6 Å². The van der Waals surface area contributed by atoms with E-state index in [1.165, 1.54) is 13.2 Å². The van der Waals surface area contributed by atoms with Crippen molar-refractivity contribution in [2.24, 2.45) is 0 Å². The van der Waals surface area contributed by atoms with Gasteiger partial charge in [0.1, 0.15) is 0 Å². The van der Waals surface area contributed by atoms with Crippen LogP contribution in [0.4, 0.5) is 4.39 Å². The zero-order valence-corrected chi connectivity index (χ0v) is 11.4.